The molecule has 154 valence electrons. The Balaban J connectivity index is 1.58. The fourth-order valence-corrected chi connectivity index (χ4v) is 3.32. The maximum absolute atomic E-state index is 14.1. The number of hydrogen-bond donors (Lipinski definition) is 5. The highest BCUT2D eigenvalue weighted by Crippen LogP contribution is 2.22. The molecule has 0 radical (unpaired) electrons. The number of H-pyrrole nitrogens is 2. The lowest BCUT2D eigenvalue weighted by molar-refractivity contribution is -0.139. The summed E-state index contributed by atoms with van der Waals surface area (Å²) in [6.07, 6.45) is -1.29. The summed E-state index contributed by atoms with van der Waals surface area (Å²) in [5, 5.41) is 21.6. The topological polar surface area (TPSA) is 131 Å². The van der Waals surface area contributed by atoms with Crippen molar-refractivity contribution in [2.75, 3.05) is 6.54 Å². The van der Waals surface area contributed by atoms with Gasteiger partial charge in [0.1, 0.15) is 11.6 Å². The van der Waals surface area contributed by atoms with E-state index in [9.17, 15) is 19.1 Å². The molecule has 9 heteroatoms. The molecule has 4 aromatic rings. The molecule has 5 N–H and O–H groups in total. The minimum absolute atomic E-state index is 0.149. The van der Waals surface area contributed by atoms with Crippen molar-refractivity contribution in [2.24, 2.45) is 0 Å². The Bertz CT molecular complexity index is 1300. The molecule has 4 rings (SSSR count). The van der Waals surface area contributed by atoms with Gasteiger partial charge in [-0.25, -0.2) is 9.37 Å². The second-order valence-electron chi connectivity index (χ2n) is 7.03. The van der Waals surface area contributed by atoms with E-state index < -0.39 is 17.9 Å². The fourth-order valence-electron chi connectivity index (χ4n) is 3.32. The van der Waals surface area contributed by atoms with Crippen LogP contribution < -0.4 is 10.9 Å². The Kier molecular flexibility index (Phi) is 5.30. The molecular weight excluding hydrogens is 391 g/mol. The van der Waals surface area contributed by atoms with Crippen LogP contribution in [-0.4, -0.2) is 43.8 Å². The summed E-state index contributed by atoms with van der Waals surface area (Å²) in [6.45, 7) is 0.569. The zero-order chi connectivity index (χ0) is 21.3. The van der Waals surface area contributed by atoms with Crippen molar-refractivity contribution in [1.82, 2.24) is 20.3 Å². The number of carboxylic acid groups (broad SMARTS) is 1. The monoisotopic (exact) mass is 410 g/mol. The zero-order valence-electron chi connectivity index (χ0n) is 15.8. The lowest BCUT2D eigenvalue weighted by Gasteiger charge is -2.09. The highest BCUT2D eigenvalue weighted by atomic mass is 19.1. The summed E-state index contributed by atoms with van der Waals surface area (Å²) in [6, 6.07) is 11.4. The number of aliphatic hydroxyl groups is 1. The summed E-state index contributed by atoms with van der Waals surface area (Å²) in [5.41, 5.74) is 2.51. The van der Waals surface area contributed by atoms with Gasteiger partial charge in [0.2, 0.25) is 0 Å². The predicted octanol–water partition coefficient (Wildman–Crippen LogP) is 2.14. The van der Waals surface area contributed by atoms with Crippen LogP contribution in [0.15, 0.2) is 47.3 Å². The second-order valence-corrected chi connectivity index (χ2v) is 7.03. The van der Waals surface area contributed by atoms with Gasteiger partial charge in [-0.2, -0.15) is 0 Å². The van der Waals surface area contributed by atoms with Crippen molar-refractivity contribution in [1.29, 1.82) is 0 Å². The Morgan fingerprint density at radius 1 is 1.17 bits per heavy atom. The maximum Gasteiger partial charge on any atom is 0.306 e. The van der Waals surface area contributed by atoms with E-state index in [0.29, 0.717) is 34.3 Å². The van der Waals surface area contributed by atoms with Crippen LogP contribution in [0.4, 0.5) is 4.39 Å². The molecule has 0 aliphatic rings. The van der Waals surface area contributed by atoms with Gasteiger partial charge in [0.25, 0.3) is 5.56 Å². The highest BCUT2D eigenvalue weighted by molar-refractivity contribution is 5.85. The summed E-state index contributed by atoms with van der Waals surface area (Å²) < 4.78 is 14.1. The minimum Gasteiger partial charge on any atom is -0.481 e. The third kappa shape index (κ3) is 4.07. The molecule has 2 heterocycles. The van der Waals surface area contributed by atoms with E-state index in [0.717, 1.165) is 5.56 Å². The number of benzene rings is 2. The SMILES string of the molecule is O=C(O)CC(O)CNCc1ccc2nc(-c3cc4c(F)cccc4[nH]c3=O)[nH]c2c1. The molecule has 2 aromatic carbocycles. The van der Waals surface area contributed by atoms with Gasteiger partial charge < -0.3 is 25.5 Å². The number of halogens is 1. The number of aliphatic carboxylic acids is 1. The standard InChI is InChI=1S/C21H19FN4O4/c22-15-2-1-3-16-13(15)8-14(21(30)26-16)20-24-17-5-4-11(6-18(17)25-20)9-23-10-12(27)7-19(28)29/h1-6,8,12,23,27H,7,9-10H2,(H,24,25)(H,26,30)(H,28,29). The summed E-state index contributed by atoms with van der Waals surface area (Å²) in [7, 11) is 0. The van der Waals surface area contributed by atoms with Gasteiger partial charge in [-0.3, -0.25) is 9.59 Å². The normalized spacial score (nSPS) is 12.5. The minimum atomic E-state index is -1.06. The molecule has 0 aliphatic carbocycles. The first-order chi connectivity index (χ1) is 14.4. The quantitative estimate of drug-likeness (QED) is 0.317. The van der Waals surface area contributed by atoms with E-state index in [-0.39, 0.29) is 24.1 Å². The van der Waals surface area contributed by atoms with Gasteiger partial charge in [0.05, 0.1) is 34.6 Å². The number of fused-ring (bicyclic) bond motifs is 2. The van der Waals surface area contributed by atoms with Crippen LogP contribution in [0.25, 0.3) is 33.3 Å². The molecule has 30 heavy (non-hydrogen) atoms. The Morgan fingerprint density at radius 2 is 2.00 bits per heavy atom. The molecule has 0 saturated carbocycles. The molecule has 8 nitrogen and oxygen atoms in total. The first-order valence-electron chi connectivity index (χ1n) is 9.32. The van der Waals surface area contributed by atoms with Crippen LogP contribution in [0.5, 0.6) is 0 Å². The molecule has 1 unspecified atom stereocenters. The molecule has 2 aromatic heterocycles. The number of aromatic nitrogens is 3. The predicted molar refractivity (Wildman–Crippen MR) is 110 cm³/mol. The van der Waals surface area contributed by atoms with Gasteiger partial charge in [-0.1, -0.05) is 12.1 Å². The number of carboxylic acids is 1. The number of rotatable bonds is 7. The van der Waals surface area contributed by atoms with Gasteiger partial charge in [0, 0.05) is 18.5 Å². The van der Waals surface area contributed by atoms with Crippen molar-refractivity contribution in [3.63, 3.8) is 0 Å². The Morgan fingerprint density at radius 3 is 2.80 bits per heavy atom. The Hall–Kier alpha value is -3.56. The van der Waals surface area contributed by atoms with Crippen molar-refractivity contribution < 1.29 is 19.4 Å². The highest BCUT2D eigenvalue weighted by Gasteiger charge is 2.13. The largest absolute Gasteiger partial charge is 0.481 e. The third-order valence-electron chi connectivity index (χ3n) is 4.76. The van der Waals surface area contributed by atoms with Crippen LogP contribution in [0, 0.1) is 5.82 Å². The summed E-state index contributed by atoms with van der Waals surface area (Å²) in [5.74, 6) is -1.16. The number of imidazole rings is 1. The smallest absolute Gasteiger partial charge is 0.306 e. The molecular formula is C21H19FN4O4. The number of carbonyl (C=O) groups is 1. The number of aliphatic hydroxyl groups excluding tert-OH is 1. The van der Waals surface area contributed by atoms with E-state index in [1.165, 1.54) is 18.2 Å². The molecule has 0 spiro atoms. The molecule has 0 fully saturated rings. The van der Waals surface area contributed by atoms with Crippen LogP contribution in [0.3, 0.4) is 0 Å². The molecule has 0 saturated heterocycles. The molecule has 1 atom stereocenters. The number of hydrogen-bond acceptors (Lipinski definition) is 5. The average molecular weight is 410 g/mol. The van der Waals surface area contributed by atoms with E-state index >= 15 is 0 Å². The second kappa shape index (κ2) is 8.05. The van der Waals surface area contributed by atoms with Gasteiger partial charge in [-0.15, -0.1) is 0 Å². The van der Waals surface area contributed by atoms with Crippen molar-refractivity contribution in [2.45, 2.75) is 19.1 Å². The molecule has 0 aliphatic heterocycles. The van der Waals surface area contributed by atoms with E-state index in [1.807, 2.05) is 12.1 Å². The van der Waals surface area contributed by atoms with Gasteiger partial charge >= 0.3 is 5.97 Å². The number of nitrogens with zero attached hydrogens (tertiary/aromatic N) is 1. The lowest BCUT2D eigenvalue weighted by Crippen LogP contribution is -2.28. The summed E-state index contributed by atoms with van der Waals surface area (Å²) >= 11 is 0. The van der Waals surface area contributed by atoms with E-state index in [1.54, 1.807) is 12.1 Å². The van der Waals surface area contributed by atoms with Gasteiger partial charge in [-0.05, 0) is 35.9 Å². The zero-order valence-corrected chi connectivity index (χ0v) is 15.8. The Labute approximate surface area is 169 Å². The molecule has 0 amide bonds. The average Bonchev–Trinajstić information content (AvgIpc) is 3.10. The maximum atomic E-state index is 14.1. The number of nitrogens with one attached hydrogen (secondary N) is 3. The number of aromatic amines is 2. The number of pyridine rings is 1. The van der Waals surface area contributed by atoms with Crippen molar-refractivity contribution in [3.05, 3.63) is 64.2 Å². The van der Waals surface area contributed by atoms with Crippen molar-refractivity contribution in [3.8, 4) is 11.4 Å². The van der Waals surface area contributed by atoms with E-state index in [4.69, 9.17) is 5.11 Å². The fraction of sp³-hybridized carbons (Fsp3) is 0.190. The molecule has 0 bridgehead atoms. The van der Waals surface area contributed by atoms with Crippen LogP contribution in [0.2, 0.25) is 0 Å². The third-order valence-corrected chi connectivity index (χ3v) is 4.76. The summed E-state index contributed by atoms with van der Waals surface area (Å²) in [4.78, 5) is 33.2. The van der Waals surface area contributed by atoms with Gasteiger partial charge in [0.15, 0.2) is 0 Å². The first kappa shape index (κ1) is 19.7. The van der Waals surface area contributed by atoms with Crippen molar-refractivity contribution >= 4 is 27.9 Å². The van der Waals surface area contributed by atoms with Crippen LogP contribution >= 0.6 is 0 Å². The lowest BCUT2D eigenvalue weighted by atomic mass is 10.1. The van der Waals surface area contributed by atoms with Crippen LogP contribution in [-0.2, 0) is 11.3 Å². The van der Waals surface area contributed by atoms with Crippen LogP contribution in [0.1, 0.15) is 12.0 Å². The first-order valence-corrected chi connectivity index (χ1v) is 9.32. The van der Waals surface area contributed by atoms with E-state index in [2.05, 4.69) is 20.3 Å².